The van der Waals surface area contributed by atoms with Crippen LogP contribution in [-0.4, -0.2) is 9.97 Å². The topological polar surface area (TPSA) is 25.8 Å². The fourth-order valence-corrected chi connectivity index (χ4v) is 2.34. The molecule has 0 N–H and O–H groups in total. The number of rotatable bonds is 1. The van der Waals surface area contributed by atoms with Gasteiger partial charge in [-0.2, -0.15) is 0 Å². The van der Waals surface area contributed by atoms with Crippen LogP contribution in [0.3, 0.4) is 0 Å². The third kappa shape index (κ3) is 2.19. The van der Waals surface area contributed by atoms with Crippen molar-refractivity contribution in [1.82, 2.24) is 9.97 Å². The predicted octanol–water partition coefficient (Wildman–Crippen LogP) is 3.43. The van der Waals surface area contributed by atoms with Gasteiger partial charge in [-0.05, 0) is 16.8 Å². The van der Waals surface area contributed by atoms with E-state index in [9.17, 15) is 8.78 Å². The van der Waals surface area contributed by atoms with Crippen LogP contribution in [0.1, 0.15) is 0 Å². The zero-order valence-electron chi connectivity index (χ0n) is 8.78. The SMILES string of the molecule is Fc1[c-]c(-c2ncnc3sccc23)c(F)cc1.[Ir]. The second-order valence-electron chi connectivity index (χ2n) is 3.39. The number of nitrogens with zero attached hydrogens (tertiary/aromatic N) is 2. The monoisotopic (exact) mass is 440 g/mol. The number of fused-ring (bicyclic) bond motifs is 1. The van der Waals surface area contributed by atoms with Gasteiger partial charge in [0.2, 0.25) is 0 Å². The van der Waals surface area contributed by atoms with Crippen molar-refractivity contribution in [2.75, 3.05) is 0 Å². The Balaban J connectivity index is 0.00000120. The zero-order chi connectivity index (χ0) is 11.8. The van der Waals surface area contributed by atoms with Crippen molar-refractivity contribution in [3.63, 3.8) is 0 Å². The van der Waals surface area contributed by atoms with Crippen molar-refractivity contribution in [2.45, 2.75) is 0 Å². The molecule has 0 aliphatic carbocycles. The minimum absolute atomic E-state index is 0. The normalized spacial score (nSPS) is 10.3. The molecule has 2 aromatic heterocycles. The van der Waals surface area contributed by atoms with E-state index in [4.69, 9.17) is 0 Å². The van der Waals surface area contributed by atoms with Crippen molar-refractivity contribution >= 4 is 21.6 Å². The minimum atomic E-state index is -0.608. The van der Waals surface area contributed by atoms with Crippen LogP contribution < -0.4 is 0 Å². The molecule has 18 heavy (non-hydrogen) atoms. The van der Waals surface area contributed by atoms with Crippen LogP contribution in [0.15, 0.2) is 29.9 Å². The van der Waals surface area contributed by atoms with Gasteiger partial charge in [-0.3, -0.25) is 9.37 Å². The first-order chi connectivity index (χ1) is 8.25. The van der Waals surface area contributed by atoms with E-state index in [0.717, 1.165) is 17.0 Å². The molecule has 0 saturated heterocycles. The van der Waals surface area contributed by atoms with Gasteiger partial charge in [-0.15, -0.1) is 29.5 Å². The smallest absolute Gasteiger partial charge is 0.117 e. The maximum atomic E-state index is 13.6. The summed E-state index contributed by atoms with van der Waals surface area (Å²) in [4.78, 5) is 8.81. The second kappa shape index (κ2) is 5.18. The van der Waals surface area contributed by atoms with Crippen LogP contribution in [0, 0.1) is 17.7 Å². The molecule has 0 aliphatic rings. The third-order valence-corrected chi connectivity index (χ3v) is 3.18. The molecule has 2 nitrogen and oxygen atoms in total. The molecule has 0 unspecified atom stereocenters. The van der Waals surface area contributed by atoms with Gasteiger partial charge in [0.1, 0.15) is 11.2 Å². The largest absolute Gasteiger partial charge is 0.285 e. The fraction of sp³-hybridized carbons (Fsp3) is 0. The van der Waals surface area contributed by atoms with Crippen molar-refractivity contribution in [2.24, 2.45) is 0 Å². The van der Waals surface area contributed by atoms with E-state index in [2.05, 4.69) is 16.0 Å². The third-order valence-electron chi connectivity index (χ3n) is 2.36. The van der Waals surface area contributed by atoms with E-state index in [1.54, 1.807) is 6.07 Å². The molecule has 6 heteroatoms. The van der Waals surface area contributed by atoms with Crippen molar-refractivity contribution in [3.05, 3.63) is 47.6 Å². The zero-order valence-corrected chi connectivity index (χ0v) is 12.0. The molecule has 1 radical (unpaired) electrons. The Bertz CT molecular complexity index is 699. The average Bonchev–Trinajstić information content (AvgIpc) is 2.80. The number of aromatic nitrogens is 2. The van der Waals surface area contributed by atoms with Crippen molar-refractivity contribution < 1.29 is 28.9 Å². The summed E-state index contributed by atoms with van der Waals surface area (Å²) >= 11 is 1.43. The molecule has 93 valence electrons. The van der Waals surface area contributed by atoms with Crippen LogP contribution in [0.5, 0.6) is 0 Å². The van der Waals surface area contributed by atoms with Gasteiger partial charge in [0, 0.05) is 37.4 Å². The summed E-state index contributed by atoms with van der Waals surface area (Å²) in [6.45, 7) is 0. The van der Waals surface area contributed by atoms with Gasteiger partial charge in [0.15, 0.2) is 0 Å². The Labute approximate surface area is 119 Å². The van der Waals surface area contributed by atoms with Gasteiger partial charge in [0.25, 0.3) is 0 Å². The molecule has 1 aromatic carbocycles. The van der Waals surface area contributed by atoms with E-state index in [-0.39, 0.29) is 25.7 Å². The summed E-state index contributed by atoms with van der Waals surface area (Å²) in [7, 11) is 0. The number of thiophene rings is 1. The first-order valence-electron chi connectivity index (χ1n) is 4.81. The van der Waals surface area contributed by atoms with Crippen LogP contribution in [0.4, 0.5) is 8.78 Å². The molecule has 0 saturated carbocycles. The maximum absolute atomic E-state index is 13.6. The van der Waals surface area contributed by atoms with Gasteiger partial charge in [-0.1, -0.05) is 5.56 Å². The summed E-state index contributed by atoms with van der Waals surface area (Å²) in [6.07, 6.45) is 1.34. The van der Waals surface area contributed by atoms with E-state index >= 15 is 0 Å². The predicted molar refractivity (Wildman–Crippen MR) is 61.6 cm³/mol. The number of benzene rings is 1. The van der Waals surface area contributed by atoms with Crippen molar-refractivity contribution in [3.8, 4) is 11.3 Å². The number of hydrogen-bond donors (Lipinski definition) is 0. The molecule has 0 atom stereocenters. The van der Waals surface area contributed by atoms with E-state index in [1.807, 2.05) is 5.38 Å². The van der Waals surface area contributed by atoms with Crippen LogP contribution in [0.2, 0.25) is 0 Å². The Morgan fingerprint density at radius 3 is 2.78 bits per heavy atom. The standard InChI is InChI=1S/C12H5F2N2S.Ir/c13-7-1-2-10(14)9(5-7)11-8-3-4-17-12(8)16-6-15-11;/h1-4,6H;/q-1;. The van der Waals surface area contributed by atoms with E-state index in [1.165, 1.54) is 17.7 Å². The molecule has 0 fully saturated rings. The first-order valence-corrected chi connectivity index (χ1v) is 5.69. The Morgan fingerprint density at radius 2 is 1.94 bits per heavy atom. The quantitative estimate of drug-likeness (QED) is 0.543. The molecule has 3 rings (SSSR count). The van der Waals surface area contributed by atoms with Gasteiger partial charge in [-0.25, -0.2) is 9.37 Å². The van der Waals surface area contributed by atoms with Crippen LogP contribution in [0.25, 0.3) is 21.5 Å². The van der Waals surface area contributed by atoms with Gasteiger partial charge >= 0.3 is 0 Å². The molecule has 2 heterocycles. The van der Waals surface area contributed by atoms with Gasteiger partial charge < -0.3 is 0 Å². The average molecular weight is 439 g/mol. The fourth-order valence-electron chi connectivity index (χ4n) is 1.61. The maximum Gasteiger partial charge on any atom is 0.117 e. The summed E-state index contributed by atoms with van der Waals surface area (Å²) < 4.78 is 26.7. The Hall–Kier alpha value is -1.23. The second-order valence-corrected chi connectivity index (χ2v) is 4.29. The molecule has 0 amide bonds. The van der Waals surface area contributed by atoms with E-state index < -0.39 is 11.6 Å². The molecule has 0 bridgehead atoms. The summed E-state index contributed by atoms with van der Waals surface area (Å²) in [5.41, 5.74) is 0.407. The molecular weight excluding hydrogens is 434 g/mol. The van der Waals surface area contributed by atoms with Gasteiger partial charge in [0.05, 0.1) is 0 Å². The number of halogens is 2. The number of hydrogen-bond acceptors (Lipinski definition) is 3. The molecule has 0 spiro atoms. The van der Waals surface area contributed by atoms with Crippen LogP contribution >= 0.6 is 11.3 Å². The van der Waals surface area contributed by atoms with E-state index in [0.29, 0.717) is 11.1 Å². The van der Waals surface area contributed by atoms with Crippen LogP contribution in [-0.2, 0) is 20.1 Å². The first kappa shape index (κ1) is 13.2. The molecular formula is C12H5F2IrN2S-. The summed E-state index contributed by atoms with van der Waals surface area (Å²) in [5.74, 6) is -1.15. The van der Waals surface area contributed by atoms with Crippen molar-refractivity contribution in [1.29, 1.82) is 0 Å². The Kier molecular flexibility index (Phi) is 3.80. The Morgan fingerprint density at radius 1 is 1.11 bits per heavy atom. The molecule has 0 aliphatic heterocycles. The molecule has 3 aromatic rings. The summed E-state index contributed by atoms with van der Waals surface area (Å²) in [6, 6.07) is 6.24. The minimum Gasteiger partial charge on any atom is -0.285 e. The summed E-state index contributed by atoms with van der Waals surface area (Å²) in [5, 5.41) is 2.54.